The van der Waals surface area contributed by atoms with Crippen molar-refractivity contribution in [2.45, 2.75) is 46.1 Å². The van der Waals surface area contributed by atoms with Crippen LogP contribution in [0.3, 0.4) is 0 Å². The smallest absolute Gasteiger partial charge is 0.0377 e. The van der Waals surface area contributed by atoms with Crippen LogP contribution in [0.5, 0.6) is 0 Å². The topological polar surface area (TPSA) is 29.3 Å². The van der Waals surface area contributed by atoms with Gasteiger partial charge in [0.1, 0.15) is 0 Å². The first kappa shape index (κ1) is 14.9. The van der Waals surface area contributed by atoms with Crippen LogP contribution in [-0.2, 0) is 6.42 Å². The first-order valence-electron chi connectivity index (χ1n) is 7.16. The van der Waals surface area contributed by atoms with E-state index < -0.39 is 0 Å². The summed E-state index contributed by atoms with van der Waals surface area (Å²) in [7, 11) is 0. The molecule has 0 amide bonds. The molecule has 3 heteroatoms. The fraction of sp³-hybridized carbons (Fsp3) is 0.625. The van der Waals surface area contributed by atoms with Crippen molar-refractivity contribution in [3.05, 3.63) is 28.2 Å². The number of hydrogen-bond acceptors (Lipinski definition) is 2. The normalized spacial score (nSPS) is 20.4. The fourth-order valence-corrected chi connectivity index (χ4v) is 3.14. The molecular formula is C16H25BrN2. The average Bonchev–Trinajstić information content (AvgIpc) is 2.31. The minimum atomic E-state index is 0.206. The summed E-state index contributed by atoms with van der Waals surface area (Å²) in [5.74, 6) is 0. The van der Waals surface area contributed by atoms with Gasteiger partial charge >= 0.3 is 0 Å². The van der Waals surface area contributed by atoms with E-state index >= 15 is 0 Å². The van der Waals surface area contributed by atoms with Gasteiger partial charge in [-0.1, -0.05) is 35.8 Å². The second-order valence-electron chi connectivity index (χ2n) is 6.61. The molecule has 19 heavy (non-hydrogen) atoms. The van der Waals surface area contributed by atoms with Gasteiger partial charge in [-0.15, -0.1) is 0 Å². The predicted octanol–water partition coefficient (Wildman–Crippen LogP) is 3.97. The van der Waals surface area contributed by atoms with E-state index in [0.29, 0.717) is 5.41 Å². The van der Waals surface area contributed by atoms with Crippen LogP contribution < -0.4 is 10.6 Å². The van der Waals surface area contributed by atoms with Gasteiger partial charge in [-0.25, -0.2) is 0 Å². The molecule has 1 atom stereocenters. The summed E-state index contributed by atoms with van der Waals surface area (Å²) < 4.78 is 1.19. The van der Waals surface area contributed by atoms with E-state index in [1.54, 1.807) is 0 Å². The molecule has 2 nitrogen and oxygen atoms in total. The van der Waals surface area contributed by atoms with E-state index in [0.717, 1.165) is 19.5 Å². The lowest BCUT2D eigenvalue weighted by Crippen LogP contribution is -2.37. The Balaban J connectivity index is 2.08. The fourth-order valence-electron chi connectivity index (χ4n) is 2.62. The highest BCUT2D eigenvalue weighted by molar-refractivity contribution is 9.10. The Bertz CT molecular complexity index is 430. The SMILES string of the molecule is CC(N)Cc1ccc(N2CCC(C)(C)CC2)cc1Br. The number of benzene rings is 1. The maximum absolute atomic E-state index is 5.87. The first-order valence-corrected chi connectivity index (χ1v) is 7.96. The molecule has 0 saturated carbocycles. The Labute approximate surface area is 125 Å². The van der Waals surface area contributed by atoms with Gasteiger partial charge in [0.05, 0.1) is 0 Å². The van der Waals surface area contributed by atoms with Crippen LogP contribution in [0.15, 0.2) is 22.7 Å². The van der Waals surface area contributed by atoms with Crippen LogP contribution in [-0.4, -0.2) is 19.1 Å². The lowest BCUT2D eigenvalue weighted by Gasteiger charge is -2.38. The summed E-state index contributed by atoms with van der Waals surface area (Å²) in [4.78, 5) is 2.49. The minimum absolute atomic E-state index is 0.206. The molecule has 2 N–H and O–H groups in total. The largest absolute Gasteiger partial charge is 0.371 e. The number of anilines is 1. The van der Waals surface area contributed by atoms with E-state index in [1.165, 1.54) is 28.6 Å². The van der Waals surface area contributed by atoms with Crippen molar-refractivity contribution in [2.24, 2.45) is 11.1 Å². The highest BCUT2D eigenvalue weighted by atomic mass is 79.9. The number of nitrogens with zero attached hydrogens (tertiary/aromatic N) is 1. The first-order chi connectivity index (χ1) is 8.87. The Morgan fingerprint density at radius 1 is 1.32 bits per heavy atom. The second-order valence-corrected chi connectivity index (χ2v) is 7.46. The molecule has 0 aromatic heterocycles. The lowest BCUT2D eigenvalue weighted by molar-refractivity contribution is 0.280. The van der Waals surface area contributed by atoms with Crippen LogP contribution in [0, 0.1) is 5.41 Å². The van der Waals surface area contributed by atoms with Gasteiger partial charge in [-0.05, 0) is 49.3 Å². The molecule has 1 aliphatic heterocycles. The van der Waals surface area contributed by atoms with Gasteiger partial charge in [0.25, 0.3) is 0 Å². The van der Waals surface area contributed by atoms with Crippen molar-refractivity contribution in [2.75, 3.05) is 18.0 Å². The van der Waals surface area contributed by atoms with Gasteiger partial charge in [-0.3, -0.25) is 0 Å². The number of rotatable bonds is 3. The van der Waals surface area contributed by atoms with Crippen molar-refractivity contribution < 1.29 is 0 Å². The molecule has 1 unspecified atom stereocenters. The molecule has 106 valence electrons. The minimum Gasteiger partial charge on any atom is -0.371 e. The van der Waals surface area contributed by atoms with Gasteiger partial charge < -0.3 is 10.6 Å². The van der Waals surface area contributed by atoms with Gasteiger partial charge in [0.2, 0.25) is 0 Å². The zero-order valence-corrected chi connectivity index (χ0v) is 13.8. The van der Waals surface area contributed by atoms with Gasteiger partial charge in [0.15, 0.2) is 0 Å². The highest BCUT2D eigenvalue weighted by Gasteiger charge is 2.25. The molecule has 1 aromatic rings. The van der Waals surface area contributed by atoms with E-state index in [1.807, 2.05) is 6.92 Å². The van der Waals surface area contributed by atoms with Crippen LogP contribution >= 0.6 is 15.9 Å². The second kappa shape index (κ2) is 5.84. The van der Waals surface area contributed by atoms with Crippen LogP contribution in [0.1, 0.15) is 39.2 Å². The third-order valence-electron chi connectivity index (χ3n) is 4.06. The molecular weight excluding hydrogens is 300 g/mol. The van der Waals surface area contributed by atoms with E-state index in [4.69, 9.17) is 5.73 Å². The van der Waals surface area contributed by atoms with Crippen LogP contribution in [0.4, 0.5) is 5.69 Å². The monoisotopic (exact) mass is 324 g/mol. The standard InChI is InChI=1S/C16H25BrN2/c1-12(18)10-13-4-5-14(11-15(13)17)19-8-6-16(2,3)7-9-19/h4-5,11-12H,6-10,18H2,1-3H3. The molecule has 0 bridgehead atoms. The molecule has 2 rings (SSSR count). The average molecular weight is 325 g/mol. The van der Waals surface area contributed by atoms with Crippen molar-refractivity contribution in [3.8, 4) is 0 Å². The Kier molecular flexibility index (Phi) is 4.57. The molecule has 1 heterocycles. The third-order valence-corrected chi connectivity index (χ3v) is 4.80. The molecule has 1 saturated heterocycles. The number of nitrogens with two attached hydrogens (primary N) is 1. The Hall–Kier alpha value is -0.540. The molecule has 1 aliphatic rings. The Morgan fingerprint density at radius 2 is 1.95 bits per heavy atom. The summed E-state index contributed by atoms with van der Waals surface area (Å²) in [5.41, 5.74) is 9.01. The van der Waals surface area contributed by atoms with Crippen molar-refractivity contribution in [3.63, 3.8) is 0 Å². The van der Waals surface area contributed by atoms with Gasteiger partial charge in [-0.2, -0.15) is 0 Å². The van der Waals surface area contributed by atoms with E-state index in [9.17, 15) is 0 Å². The highest BCUT2D eigenvalue weighted by Crippen LogP contribution is 2.33. The van der Waals surface area contributed by atoms with Crippen LogP contribution in [0.2, 0.25) is 0 Å². The summed E-state index contributed by atoms with van der Waals surface area (Å²) >= 11 is 3.68. The molecule has 1 aromatic carbocycles. The maximum atomic E-state index is 5.87. The van der Waals surface area contributed by atoms with E-state index in [2.05, 4.69) is 52.9 Å². The van der Waals surface area contributed by atoms with Crippen molar-refractivity contribution in [1.82, 2.24) is 0 Å². The molecule has 1 fully saturated rings. The van der Waals surface area contributed by atoms with Crippen LogP contribution in [0.25, 0.3) is 0 Å². The number of hydrogen-bond donors (Lipinski definition) is 1. The third kappa shape index (κ3) is 3.96. The van der Waals surface area contributed by atoms with Gasteiger partial charge in [0, 0.05) is 29.3 Å². The Morgan fingerprint density at radius 3 is 2.47 bits per heavy atom. The molecule has 0 radical (unpaired) electrons. The zero-order chi connectivity index (χ0) is 14.0. The maximum Gasteiger partial charge on any atom is 0.0377 e. The summed E-state index contributed by atoms with van der Waals surface area (Å²) in [5, 5.41) is 0. The summed E-state index contributed by atoms with van der Waals surface area (Å²) in [6, 6.07) is 6.90. The van der Waals surface area contributed by atoms with E-state index in [-0.39, 0.29) is 6.04 Å². The number of halogens is 1. The number of piperidine rings is 1. The molecule has 0 spiro atoms. The summed E-state index contributed by atoms with van der Waals surface area (Å²) in [6.07, 6.45) is 3.46. The zero-order valence-electron chi connectivity index (χ0n) is 12.2. The predicted molar refractivity (Wildman–Crippen MR) is 86.7 cm³/mol. The quantitative estimate of drug-likeness (QED) is 0.911. The van der Waals surface area contributed by atoms with Crippen molar-refractivity contribution >= 4 is 21.6 Å². The van der Waals surface area contributed by atoms with Crippen molar-refractivity contribution in [1.29, 1.82) is 0 Å². The molecule has 0 aliphatic carbocycles. The summed E-state index contributed by atoms with van der Waals surface area (Å²) in [6.45, 7) is 9.10. The lowest BCUT2D eigenvalue weighted by atomic mass is 9.82.